The first-order chi connectivity index (χ1) is 13.0. The second-order valence-corrected chi connectivity index (χ2v) is 6.78. The summed E-state index contributed by atoms with van der Waals surface area (Å²) in [6.45, 7) is 1.82. The van der Waals surface area contributed by atoms with E-state index in [0.717, 1.165) is 5.56 Å². The Morgan fingerprint density at radius 1 is 0.963 bits per heavy atom. The van der Waals surface area contributed by atoms with Crippen molar-refractivity contribution in [2.75, 3.05) is 12.4 Å². The molecule has 1 N–H and O–H groups in total. The van der Waals surface area contributed by atoms with Crippen molar-refractivity contribution >= 4 is 34.7 Å². The van der Waals surface area contributed by atoms with Crippen LogP contribution in [0, 0.1) is 6.92 Å². The van der Waals surface area contributed by atoms with Gasteiger partial charge in [-0.1, -0.05) is 30.3 Å². The average molecular weight is 379 g/mol. The molecular formula is C21H17NO4S. The van der Waals surface area contributed by atoms with Crippen molar-refractivity contribution in [1.29, 1.82) is 0 Å². The fourth-order valence-corrected chi connectivity index (χ4v) is 3.29. The van der Waals surface area contributed by atoms with Gasteiger partial charge in [0.2, 0.25) is 5.78 Å². The maximum atomic E-state index is 12.8. The van der Waals surface area contributed by atoms with Gasteiger partial charge in [-0.15, -0.1) is 11.3 Å². The van der Waals surface area contributed by atoms with Gasteiger partial charge in [-0.25, -0.2) is 4.79 Å². The van der Waals surface area contributed by atoms with Gasteiger partial charge in [0.15, 0.2) is 0 Å². The average Bonchev–Trinajstić information content (AvgIpc) is 3.23. The molecule has 5 nitrogen and oxygen atoms in total. The second kappa shape index (κ2) is 7.97. The van der Waals surface area contributed by atoms with Crippen LogP contribution in [-0.4, -0.2) is 24.8 Å². The lowest BCUT2D eigenvalue weighted by Crippen LogP contribution is -2.17. The number of carbonyl (C=O) groups is 3. The van der Waals surface area contributed by atoms with Crippen LogP contribution in [0.3, 0.4) is 0 Å². The number of benzene rings is 2. The van der Waals surface area contributed by atoms with Crippen LogP contribution in [0.15, 0.2) is 60.0 Å². The minimum absolute atomic E-state index is 0.198. The lowest BCUT2D eigenvalue weighted by molar-refractivity contribution is 0.0600. The van der Waals surface area contributed by atoms with Crippen molar-refractivity contribution in [3.05, 3.63) is 87.1 Å². The third-order valence-corrected chi connectivity index (χ3v) is 4.94. The Morgan fingerprint density at radius 3 is 2.37 bits per heavy atom. The molecule has 0 aliphatic heterocycles. The Morgan fingerprint density at radius 2 is 1.70 bits per heavy atom. The van der Waals surface area contributed by atoms with Gasteiger partial charge in [0.25, 0.3) is 5.91 Å². The zero-order valence-corrected chi connectivity index (χ0v) is 15.6. The number of esters is 1. The summed E-state index contributed by atoms with van der Waals surface area (Å²) >= 11 is 1.33. The zero-order valence-electron chi connectivity index (χ0n) is 14.8. The molecule has 0 radical (unpaired) electrons. The molecule has 1 aromatic heterocycles. The van der Waals surface area contributed by atoms with Crippen molar-refractivity contribution < 1.29 is 19.1 Å². The molecule has 1 heterocycles. The van der Waals surface area contributed by atoms with E-state index in [1.54, 1.807) is 54.6 Å². The van der Waals surface area contributed by atoms with Crippen molar-refractivity contribution in [2.45, 2.75) is 6.92 Å². The molecule has 0 aliphatic carbocycles. The van der Waals surface area contributed by atoms with E-state index in [1.807, 2.05) is 12.3 Å². The third-order valence-electron chi connectivity index (χ3n) is 4.07. The first-order valence-electron chi connectivity index (χ1n) is 8.19. The van der Waals surface area contributed by atoms with Crippen molar-refractivity contribution in [2.24, 2.45) is 0 Å². The topological polar surface area (TPSA) is 72.5 Å². The van der Waals surface area contributed by atoms with Gasteiger partial charge < -0.3 is 10.1 Å². The quantitative estimate of drug-likeness (QED) is 0.529. The number of rotatable bonds is 5. The highest BCUT2D eigenvalue weighted by molar-refractivity contribution is 7.12. The molecule has 136 valence electrons. The van der Waals surface area contributed by atoms with E-state index in [1.165, 1.54) is 18.4 Å². The van der Waals surface area contributed by atoms with Crippen molar-refractivity contribution in [1.82, 2.24) is 0 Å². The summed E-state index contributed by atoms with van der Waals surface area (Å²) < 4.78 is 4.72. The monoisotopic (exact) mass is 379 g/mol. The molecule has 6 heteroatoms. The molecule has 0 fully saturated rings. The number of thiophene rings is 1. The van der Waals surface area contributed by atoms with Gasteiger partial charge in [0.05, 0.1) is 23.1 Å². The number of hydrogen-bond donors (Lipinski definition) is 1. The molecule has 1 amide bonds. The first kappa shape index (κ1) is 18.5. The summed E-state index contributed by atoms with van der Waals surface area (Å²) in [5.74, 6) is -1.10. The predicted molar refractivity (Wildman–Crippen MR) is 105 cm³/mol. The molecule has 0 atom stereocenters. The smallest absolute Gasteiger partial charge is 0.337 e. The lowest BCUT2D eigenvalue weighted by atomic mass is 10.0. The van der Waals surface area contributed by atoms with E-state index in [4.69, 9.17) is 4.74 Å². The van der Waals surface area contributed by atoms with E-state index >= 15 is 0 Å². The standard InChI is InChI=1S/C21H17NO4S/c1-13-9-10-14(21(25)26-2)12-17(13)22-20(24)16-7-4-3-6-15(16)19(23)18-8-5-11-27-18/h3-12H,1-2H3,(H,22,24). The van der Waals surface area contributed by atoms with E-state index in [9.17, 15) is 14.4 Å². The molecule has 3 aromatic rings. The molecule has 2 aromatic carbocycles. The molecule has 0 saturated heterocycles. The Hall–Kier alpha value is -3.25. The van der Waals surface area contributed by atoms with Crippen LogP contribution in [0.1, 0.15) is 41.5 Å². The SMILES string of the molecule is COC(=O)c1ccc(C)c(NC(=O)c2ccccc2C(=O)c2cccs2)c1. The molecule has 0 saturated carbocycles. The third kappa shape index (κ3) is 3.96. The fraction of sp³-hybridized carbons (Fsp3) is 0.0952. The molecule has 3 rings (SSSR count). The van der Waals surface area contributed by atoms with Crippen LogP contribution in [0.4, 0.5) is 5.69 Å². The molecule has 0 spiro atoms. The van der Waals surface area contributed by atoms with Gasteiger partial charge in [-0.2, -0.15) is 0 Å². The number of hydrogen-bond acceptors (Lipinski definition) is 5. The van der Waals surface area contributed by atoms with Crippen LogP contribution in [0.5, 0.6) is 0 Å². The van der Waals surface area contributed by atoms with Gasteiger partial charge in [0.1, 0.15) is 0 Å². The normalized spacial score (nSPS) is 10.3. The van der Waals surface area contributed by atoms with Crippen LogP contribution in [-0.2, 0) is 4.74 Å². The summed E-state index contributed by atoms with van der Waals surface area (Å²) in [5.41, 5.74) is 2.22. The first-order valence-corrected chi connectivity index (χ1v) is 9.06. The molecule has 0 unspecified atom stereocenters. The summed E-state index contributed by atoms with van der Waals surface area (Å²) in [7, 11) is 1.30. The maximum absolute atomic E-state index is 12.8. The molecule has 0 aliphatic rings. The van der Waals surface area contributed by atoms with Crippen LogP contribution in [0.25, 0.3) is 0 Å². The Balaban J connectivity index is 1.92. The number of methoxy groups -OCH3 is 1. The van der Waals surface area contributed by atoms with Crippen molar-refractivity contribution in [3.63, 3.8) is 0 Å². The fourth-order valence-electron chi connectivity index (χ4n) is 2.61. The van der Waals surface area contributed by atoms with E-state index < -0.39 is 11.9 Å². The number of ether oxygens (including phenoxy) is 1. The Kier molecular flexibility index (Phi) is 5.47. The summed E-state index contributed by atoms with van der Waals surface area (Å²) in [6, 6.07) is 15.1. The van der Waals surface area contributed by atoms with Gasteiger partial charge >= 0.3 is 5.97 Å². The van der Waals surface area contributed by atoms with Gasteiger partial charge in [-0.3, -0.25) is 9.59 Å². The summed E-state index contributed by atoms with van der Waals surface area (Å²) in [5, 5.41) is 4.61. The number of carbonyl (C=O) groups excluding carboxylic acids is 3. The Bertz CT molecular complexity index is 1010. The number of amides is 1. The van der Waals surface area contributed by atoms with Gasteiger partial charge in [0, 0.05) is 11.3 Å². The van der Waals surface area contributed by atoms with E-state index in [2.05, 4.69) is 5.32 Å². The molecule has 27 heavy (non-hydrogen) atoms. The second-order valence-electron chi connectivity index (χ2n) is 5.83. The highest BCUT2D eigenvalue weighted by atomic mass is 32.1. The summed E-state index contributed by atoms with van der Waals surface area (Å²) in [6.07, 6.45) is 0. The lowest BCUT2D eigenvalue weighted by Gasteiger charge is -2.12. The minimum Gasteiger partial charge on any atom is -0.465 e. The van der Waals surface area contributed by atoms with Crippen LogP contribution < -0.4 is 5.32 Å². The highest BCUT2D eigenvalue weighted by Crippen LogP contribution is 2.22. The van der Waals surface area contributed by atoms with Crippen LogP contribution >= 0.6 is 11.3 Å². The minimum atomic E-state index is -0.487. The van der Waals surface area contributed by atoms with Gasteiger partial charge in [-0.05, 0) is 42.1 Å². The van der Waals surface area contributed by atoms with E-state index in [-0.39, 0.29) is 11.3 Å². The largest absolute Gasteiger partial charge is 0.465 e. The number of aryl methyl sites for hydroxylation is 1. The van der Waals surface area contributed by atoms with Crippen molar-refractivity contribution in [3.8, 4) is 0 Å². The zero-order chi connectivity index (χ0) is 19.4. The maximum Gasteiger partial charge on any atom is 0.337 e. The highest BCUT2D eigenvalue weighted by Gasteiger charge is 2.19. The predicted octanol–water partition coefficient (Wildman–Crippen LogP) is 4.33. The number of ketones is 1. The number of anilines is 1. The van der Waals surface area contributed by atoms with E-state index in [0.29, 0.717) is 21.7 Å². The summed E-state index contributed by atoms with van der Waals surface area (Å²) in [4.78, 5) is 37.8. The molecule has 0 bridgehead atoms. The Labute approximate surface area is 160 Å². The van der Waals surface area contributed by atoms with Crippen LogP contribution in [0.2, 0.25) is 0 Å². The number of nitrogens with one attached hydrogen (secondary N) is 1. The molecular weight excluding hydrogens is 362 g/mol.